The van der Waals surface area contributed by atoms with Gasteiger partial charge in [0.05, 0.1) is 23.8 Å². The average molecular weight is 299 g/mol. The Kier molecular flexibility index (Phi) is 4.10. The van der Waals surface area contributed by atoms with Crippen molar-refractivity contribution >= 4 is 15.9 Å². The van der Waals surface area contributed by atoms with E-state index in [1.54, 1.807) is 7.11 Å². The minimum atomic E-state index is 0.459. The van der Waals surface area contributed by atoms with Crippen LogP contribution in [0, 0.1) is 5.92 Å². The zero-order valence-corrected chi connectivity index (χ0v) is 12.2. The summed E-state index contributed by atoms with van der Waals surface area (Å²) in [5.74, 6) is 1.47. The van der Waals surface area contributed by atoms with Crippen molar-refractivity contribution in [2.24, 2.45) is 5.92 Å². The minimum Gasteiger partial charge on any atom is -0.496 e. The summed E-state index contributed by atoms with van der Waals surface area (Å²) in [6, 6.07) is 6.28. The van der Waals surface area contributed by atoms with E-state index in [1.807, 2.05) is 6.07 Å². The third kappa shape index (κ3) is 3.02. The molecule has 0 aromatic heterocycles. The van der Waals surface area contributed by atoms with Gasteiger partial charge in [-0.15, -0.1) is 0 Å². The Bertz CT molecular complexity index is 392. The molecule has 0 aliphatic carbocycles. The zero-order valence-electron chi connectivity index (χ0n) is 10.6. The van der Waals surface area contributed by atoms with E-state index in [4.69, 9.17) is 9.47 Å². The first-order valence-corrected chi connectivity index (χ1v) is 6.92. The Morgan fingerprint density at radius 3 is 2.76 bits per heavy atom. The molecule has 0 N–H and O–H groups in total. The van der Waals surface area contributed by atoms with E-state index in [1.165, 1.54) is 5.56 Å². The number of ether oxygens (including phenoxy) is 2. The molecule has 1 heterocycles. The smallest absolute Gasteiger partial charge is 0.133 e. The molecule has 1 aliphatic rings. The van der Waals surface area contributed by atoms with E-state index >= 15 is 0 Å². The topological polar surface area (TPSA) is 21.8 Å². The number of rotatable bonds is 5. The van der Waals surface area contributed by atoms with Crippen LogP contribution in [0.5, 0.6) is 5.75 Å². The quantitative estimate of drug-likeness (QED) is 0.771. The maximum atomic E-state index is 5.64. The van der Waals surface area contributed by atoms with E-state index in [0.29, 0.717) is 18.1 Å². The molecule has 2 nitrogen and oxygen atoms in total. The van der Waals surface area contributed by atoms with Crippen molar-refractivity contribution in [1.29, 1.82) is 0 Å². The van der Waals surface area contributed by atoms with Gasteiger partial charge in [-0.05, 0) is 52.4 Å². The van der Waals surface area contributed by atoms with Crippen LogP contribution in [0.1, 0.15) is 25.8 Å². The molecule has 0 radical (unpaired) electrons. The minimum absolute atomic E-state index is 0.459. The first-order valence-electron chi connectivity index (χ1n) is 6.13. The zero-order chi connectivity index (χ0) is 12.4. The third-order valence-electron chi connectivity index (χ3n) is 3.36. The second-order valence-corrected chi connectivity index (χ2v) is 5.55. The average Bonchev–Trinajstić information content (AvgIpc) is 3.08. The van der Waals surface area contributed by atoms with Gasteiger partial charge in [0.1, 0.15) is 5.75 Å². The van der Waals surface area contributed by atoms with Crippen LogP contribution in [-0.2, 0) is 11.2 Å². The van der Waals surface area contributed by atoms with Gasteiger partial charge in [-0.1, -0.05) is 19.9 Å². The fourth-order valence-corrected chi connectivity index (χ4v) is 2.90. The number of hydrogen-bond acceptors (Lipinski definition) is 2. The van der Waals surface area contributed by atoms with Crippen molar-refractivity contribution in [1.82, 2.24) is 0 Å². The normalized spacial score (nSPS) is 24.5. The summed E-state index contributed by atoms with van der Waals surface area (Å²) in [7, 11) is 1.69. The Morgan fingerprint density at radius 2 is 2.24 bits per heavy atom. The number of hydrogen-bond donors (Lipinski definition) is 0. The van der Waals surface area contributed by atoms with Crippen LogP contribution in [-0.4, -0.2) is 19.3 Å². The summed E-state index contributed by atoms with van der Waals surface area (Å²) in [5, 5.41) is 0. The molecule has 1 aromatic carbocycles. The molecule has 3 unspecified atom stereocenters. The number of benzene rings is 1. The van der Waals surface area contributed by atoms with Crippen LogP contribution in [0.3, 0.4) is 0 Å². The lowest BCUT2D eigenvalue weighted by molar-refractivity contribution is 0.322. The van der Waals surface area contributed by atoms with Crippen LogP contribution in [0.4, 0.5) is 0 Å². The van der Waals surface area contributed by atoms with Crippen molar-refractivity contribution in [2.75, 3.05) is 7.11 Å². The molecule has 1 aromatic rings. The number of epoxide rings is 1. The van der Waals surface area contributed by atoms with Crippen LogP contribution in [0.2, 0.25) is 0 Å². The predicted molar refractivity (Wildman–Crippen MR) is 72.5 cm³/mol. The molecule has 2 rings (SSSR count). The standard InChI is InChI=1S/C14H19BrO2/c1-4-12-14(17-12)9(2)7-10-5-6-13(16-3)11(15)8-10/h5-6,8-9,12,14H,4,7H2,1-3H3. The highest BCUT2D eigenvalue weighted by molar-refractivity contribution is 9.10. The predicted octanol–water partition coefficient (Wildman–Crippen LogP) is 3.81. The van der Waals surface area contributed by atoms with Gasteiger partial charge in [-0.2, -0.15) is 0 Å². The van der Waals surface area contributed by atoms with Crippen molar-refractivity contribution < 1.29 is 9.47 Å². The molecule has 1 aliphatic heterocycles. The van der Waals surface area contributed by atoms with Gasteiger partial charge in [0, 0.05) is 0 Å². The van der Waals surface area contributed by atoms with Crippen molar-refractivity contribution in [3.8, 4) is 5.75 Å². The van der Waals surface area contributed by atoms with Gasteiger partial charge >= 0.3 is 0 Å². The van der Waals surface area contributed by atoms with Gasteiger partial charge in [0.15, 0.2) is 0 Å². The second-order valence-electron chi connectivity index (χ2n) is 4.70. The lowest BCUT2D eigenvalue weighted by Gasteiger charge is -2.10. The second kappa shape index (κ2) is 5.40. The Balaban J connectivity index is 1.97. The van der Waals surface area contributed by atoms with Gasteiger partial charge in [0.25, 0.3) is 0 Å². The highest BCUT2D eigenvalue weighted by atomic mass is 79.9. The Morgan fingerprint density at radius 1 is 1.47 bits per heavy atom. The number of methoxy groups -OCH3 is 1. The lowest BCUT2D eigenvalue weighted by atomic mass is 9.96. The van der Waals surface area contributed by atoms with Gasteiger partial charge in [-0.25, -0.2) is 0 Å². The number of halogens is 1. The molecule has 3 atom stereocenters. The molecule has 94 valence electrons. The van der Waals surface area contributed by atoms with E-state index in [9.17, 15) is 0 Å². The fourth-order valence-electron chi connectivity index (χ4n) is 2.31. The van der Waals surface area contributed by atoms with Crippen molar-refractivity contribution in [3.63, 3.8) is 0 Å². The first-order chi connectivity index (χ1) is 8.15. The van der Waals surface area contributed by atoms with Crippen LogP contribution in [0.15, 0.2) is 22.7 Å². The van der Waals surface area contributed by atoms with Crippen LogP contribution in [0.25, 0.3) is 0 Å². The highest BCUT2D eigenvalue weighted by Gasteiger charge is 2.40. The lowest BCUT2D eigenvalue weighted by Crippen LogP contribution is -2.09. The summed E-state index contributed by atoms with van der Waals surface area (Å²) in [4.78, 5) is 0. The summed E-state index contributed by atoms with van der Waals surface area (Å²) in [6.45, 7) is 4.44. The van der Waals surface area contributed by atoms with Gasteiger partial charge in [-0.3, -0.25) is 0 Å². The van der Waals surface area contributed by atoms with Crippen molar-refractivity contribution in [2.45, 2.75) is 38.9 Å². The largest absolute Gasteiger partial charge is 0.496 e. The summed E-state index contributed by atoms with van der Waals surface area (Å²) < 4.78 is 11.9. The van der Waals surface area contributed by atoms with E-state index < -0.39 is 0 Å². The van der Waals surface area contributed by atoms with Crippen molar-refractivity contribution in [3.05, 3.63) is 28.2 Å². The van der Waals surface area contributed by atoms with Crippen LogP contribution < -0.4 is 4.74 Å². The molecule has 1 fully saturated rings. The molecule has 17 heavy (non-hydrogen) atoms. The molecule has 1 saturated heterocycles. The van der Waals surface area contributed by atoms with Gasteiger partial charge in [0.2, 0.25) is 0 Å². The molecular formula is C14H19BrO2. The summed E-state index contributed by atoms with van der Waals surface area (Å²) in [6.07, 6.45) is 3.14. The highest BCUT2D eigenvalue weighted by Crippen LogP contribution is 2.34. The maximum Gasteiger partial charge on any atom is 0.133 e. The Hall–Kier alpha value is -0.540. The first kappa shape index (κ1) is 12.9. The van der Waals surface area contributed by atoms with E-state index in [-0.39, 0.29) is 0 Å². The molecule has 0 bridgehead atoms. The molecular weight excluding hydrogens is 280 g/mol. The summed E-state index contributed by atoms with van der Waals surface area (Å²) in [5.41, 5.74) is 1.33. The molecule has 0 saturated carbocycles. The molecule has 0 amide bonds. The fraction of sp³-hybridized carbons (Fsp3) is 0.571. The Labute approximate surface area is 111 Å². The SMILES string of the molecule is CCC1OC1C(C)Cc1ccc(OC)c(Br)c1. The molecule has 3 heteroatoms. The third-order valence-corrected chi connectivity index (χ3v) is 3.98. The van der Waals surface area contributed by atoms with E-state index in [2.05, 4.69) is 41.9 Å². The van der Waals surface area contributed by atoms with Gasteiger partial charge < -0.3 is 9.47 Å². The monoisotopic (exact) mass is 298 g/mol. The maximum absolute atomic E-state index is 5.64. The van der Waals surface area contributed by atoms with Crippen LogP contribution >= 0.6 is 15.9 Å². The molecule has 0 spiro atoms. The summed E-state index contributed by atoms with van der Waals surface area (Å²) >= 11 is 3.52. The van der Waals surface area contributed by atoms with E-state index in [0.717, 1.165) is 23.1 Å².